The van der Waals surface area contributed by atoms with Crippen LogP contribution in [-0.2, 0) is 10.7 Å². The molecule has 1 rings (SSSR count). The van der Waals surface area contributed by atoms with Gasteiger partial charge in [0.25, 0.3) is 0 Å². The molecule has 0 aliphatic carbocycles. The average molecular weight is 232 g/mol. The quantitative estimate of drug-likeness (QED) is 0.745. The molecule has 0 N–H and O–H groups in total. The van der Waals surface area contributed by atoms with Crippen LogP contribution in [0.15, 0.2) is 17.5 Å². The molecule has 80 valence electrons. The number of rotatable bonds is 4. The second-order valence-corrected chi connectivity index (χ2v) is 7.87. The van der Waals surface area contributed by atoms with Gasteiger partial charge in [-0.1, -0.05) is 6.07 Å². The third kappa shape index (κ3) is 2.45. The Bertz CT molecular complexity index is 310. The van der Waals surface area contributed by atoms with Gasteiger partial charge in [-0.2, -0.15) is 0 Å². The molecule has 1 heterocycles. The highest BCUT2D eigenvalue weighted by atomic mass is 32.1. The van der Waals surface area contributed by atoms with Gasteiger partial charge in [0, 0.05) is 4.88 Å². The molecule has 5 heteroatoms. The Kier molecular flexibility index (Phi) is 3.90. The third-order valence-electron chi connectivity index (χ3n) is 2.19. The highest BCUT2D eigenvalue weighted by Gasteiger charge is 2.28. The van der Waals surface area contributed by atoms with Crippen LogP contribution in [0.2, 0.25) is 0 Å². The summed E-state index contributed by atoms with van der Waals surface area (Å²) >= 11 is 1.66. The number of thiophene rings is 1. The average Bonchev–Trinajstić information content (AvgIpc) is 2.55. The van der Waals surface area contributed by atoms with E-state index in [1.54, 1.807) is 11.3 Å². The van der Waals surface area contributed by atoms with Crippen molar-refractivity contribution in [1.29, 1.82) is 0 Å². The topological polar surface area (TPSA) is 23.6 Å². The van der Waals surface area contributed by atoms with Gasteiger partial charge in [0.05, 0.1) is 6.16 Å². The van der Waals surface area contributed by atoms with Crippen molar-refractivity contribution in [2.24, 2.45) is 0 Å². The van der Waals surface area contributed by atoms with E-state index in [1.165, 1.54) is 4.88 Å². The molecule has 0 atom stereocenters. The van der Waals surface area contributed by atoms with Gasteiger partial charge >= 0.3 is 0 Å². The molecule has 0 spiro atoms. The molecule has 1 aromatic rings. The second-order valence-electron chi connectivity index (χ2n) is 3.60. The summed E-state index contributed by atoms with van der Waals surface area (Å²) in [6.07, 6.45) is 0.630. The Morgan fingerprint density at radius 1 is 1.29 bits per heavy atom. The van der Waals surface area contributed by atoms with Gasteiger partial charge in [0.2, 0.25) is 7.44 Å². The fourth-order valence-corrected chi connectivity index (χ4v) is 4.33. The first kappa shape index (κ1) is 11.9. The largest absolute Gasteiger partial charge is 0.288 e. The van der Waals surface area contributed by atoms with Crippen molar-refractivity contribution < 1.29 is 4.57 Å². The zero-order chi connectivity index (χ0) is 10.8. The van der Waals surface area contributed by atoms with Crippen molar-refractivity contribution in [3.63, 3.8) is 0 Å². The number of nitrogens with zero attached hydrogens (tertiary/aromatic N) is 2. The molecular formula is C9H17N2OPS. The molecule has 0 bridgehead atoms. The molecule has 0 aliphatic heterocycles. The highest BCUT2D eigenvalue weighted by Crippen LogP contribution is 2.52. The van der Waals surface area contributed by atoms with Crippen LogP contribution in [0.3, 0.4) is 0 Å². The van der Waals surface area contributed by atoms with Crippen molar-refractivity contribution in [3.05, 3.63) is 22.4 Å². The smallest absolute Gasteiger partial charge is 0.220 e. The first-order chi connectivity index (χ1) is 6.47. The van der Waals surface area contributed by atoms with E-state index in [1.807, 2.05) is 55.0 Å². The van der Waals surface area contributed by atoms with Crippen LogP contribution in [0.1, 0.15) is 4.88 Å². The SMILES string of the molecule is CN(C)P(=O)(Cc1cccs1)N(C)C. The second kappa shape index (κ2) is 4.58. The van der Waals surface area contributed by atoms with Crippen LogP contribution in [0.25, 0.3) is 0 Å². The first-order valence-corrected chi connectivity index (χ1v) is 7.11. The van der Waals surface area contributed by atoms with E-state index >= 15 is 0 Å². The third-order valence-corrected chi connectivity index (χ3v) is 6.54. The standard InChI is InChI=1S/C9H17N2OPS/c1-10(2)13(12,11(3)4)8-9-6-5-7-14-9/h5-7H,8H2,1-4H3. The summed E-state index contributed by atoms with van der Waals surface area (Å²) in [6, 6.07) is 4.03. The Labute approximate surface area is 89.8 Å². The lowest BCUT2D eigenvalue weighted by atomic mass is 10.5. The zero-order valence-electron chi connectivity index (χ0n) is 9.10. The summed E-state index contributed by atoms with van der Waals surface area (Å²) in [6.45, 7) is 0. The van der Waals surface area contributed by atoms with Gasteiger partial charge in [-0.15, -0.1) is 11.3 Å². The monoisotopic (exact) mass is 232 g/mol. The van der Waals surface area contributed by atoms with Gasteiger partial charge in [-0.25, -0.2) is 9.34 Å². The fourth-order valence-electron chi connectivity index (χ4n) is 1.25. The van der Waals surface area contributed by atoms with Crippen molar-refractivity contribution in [1.82, 2.24) is 9.34 Å². The molecule has 0 amide bonds. The molecule has 0 aromatic carbocycles. The summed E-state index contributed by atoms with van der Waals surface area (Å²) in [4.78, 5) is 1.18. The Hall–Kier alpha value is -0.150. The number of hydrogen-bond acceptors (Lipinski definition) is 2. The molecule has 1 aromatic heterocycles. The minimum atomic E-state index is -2.37. The van der Waals surface area contributed by atoms with E-state index in [0.717, 1.165) is 0 Å². The molecule has 0 unspecified atom stereocenters. The molecular weight excluding hydrogens is 215 g/mol. The predicted molar refractivity (Wildman–Crippen MR) is 63.0 cm³/mol. The van der Waals surface area contributed by atoms with Gasteiger partial charge < -0.3 is 0 Å². The molecule has 0 saturated heterocycles. The molecule has 14 heavy (non-hydrogen) atoms. The normalized spacial score (nSPS) is 12.7. The maximum atomic E-state index is 12.5. The van der Waals surface area contributed by atoms with E-state index in [2.05, 4.69) is 0 Å². The van der Waals surface area contributed by atoms with Gasteiger partial charge in [-0.05, 0) is 39.6 Å². The van der Waals surface area contributed by atoms with Gasteiger partial charge in [0.1, 0.15) is 0 Å². The van der Waals surface area contributed by atoms with Crippen LogP contribution in [0, 0.1) is 0 Å². The molecule has 0 saturated carbocycles. The summed E-state index contributed by atoms with van der Waals surface area (Å²) in [5, 5.41) is 2.02. The first-order valence-electron chi connectivity index (χ1n) is 4.44. The summed E-state index contributed by atoms with van der Waals surface area (Å²) < 4.78 is 16.2. The minimum Gasteiger partial charge on any atom is -0.288 e. The van der Waals surface area contributed by atoms with E-state index in [-0.39, 0.29) is 0 Å². The van der Waals surface area contributed by atoms with Crippen molar-refractivity contribution in [2.45, 2.75) is 6.16 Å². The van der Waals surface area contributed by atoms with Crippen molar-refractivity contribution in [2.75, 3.05) is 28.2 Å². The number of hydrogen-bond donors (Lipinski definition) is 0. The maximum absolute atomic E-state index is 12.5. The summed E-state index contributed by atoms with van der Waals surface area (Å²) in [5.74, 6) is 0. The van der Waals surface area contributed by atoms with Crippen LogP contribution >= 0.6 is 18.8 Å². The summed E-state index contributed by atoms with van der Waals surface area (Å²) in [5.41, 5.74) is 0. The Morgan fingerprint density at radius 3 is 2.21 bits per heavy atom. The van der Waals surface area contributed by atoms with E-state index in [9.17, 15) is 4.57 Å². The maximum Gasteiger partial charge on any atom is 0.220 e. The van der Waals surface area contributed by atoms with Crippen LogP contribution in [0.4, 0.5) is 0 Å². The van der Waals surface area contributed by atoms with Crippen molar-refractivity contribution >= 4 is 18.8 Å². The molecule has 3 nitrogen and oxygen atoms in total. The van der Waals surface area contributed by atoms with Gasteiger partial charge in [0.15, 0.2) is 0 Å². The van der Waals surface area contributed by atoms with Crippen LogP contribution in [-0.4, -0.2) is 37.5 Å². The van der Waals surface area contributed by atoms with Crippen molar-refractivity contribution in [3.8, 4) is 0 Å². The summed E-state index contributed by atoms with van der Waals surface area (Å²) in [7, 11) is 5.10. The molecule has 0 radical (unpaired) electrons. The van der Waals surface area contributed by atoms with Gasteiger partial charge in [-0.3, -0.25) is 4.57 Å². The van der Waals surface area contributed by atoms with E-state index in [0.29, 0.717) is 6.16 Å². The highest BCUT2D eigenvalue weighted by molar-refractivity contribution is 7.58. The lowest BCUT2D eigenvalue weighted by Crippen LogP contribution is -2.21. The van der Waals surface area contributed by atoms with E-state index in [4.69, 9.17) is 0 Å². The molecule has 0 aliphatic rings. The van der Waals surface area contributed by atoms with E-state index < -0.39 is 7.44 Å². The lowest BCUT2D eigenvalue weighted by molar-refractivity contribution is 0.447. The lowest BCUT2D eigenvalue weighted by Gasteiger charge is -2.30. The van der Waals surface area contributed by atoms with Crippen LogP contribution < -0.4 is 0 Å². The van der Waals surface area contributed by atoms with Crippen LogP contribution in [0.5, 0.6) is 0 Å². The zero-order valence-corrected chi connectivity index (χ0v) is 10.8. The minimum absolute atomic E-state index is 0.630. The Morgan fingerprint density at radius 2 is 1.86 bits per heavy atom. The Balaban J connectivity index is 2.86. The fraction of sp³-hybridized carbons (Fsp3) is 0.556. The molecule has 0 fully saturated rings. The predicted octanol–water partition coefficient (Wildman–Crippen LogP) is 2.56.